The van der Waals surface area contributed by atoms with Gasteiger partial charge in [-0.05, 0) is 18.8 Å². The Bertz CT molecular complexity index is 425. The maximum atomic E-state index is 12.0. The van der Waals surface area contributed by atoms with Crippen LogP contribution in [0, 0.1) is 5.92 Å². The summed E-state index contributed by atoms with van der Waals surface area (Å²) in [5.74, 6) is -0.633. The molecule has 0 radical (unpaired) electrons. The van der Waals surface area contributed by atoms with Crippen molar-refractivity contribution in [3.8, 4) is 0 Å². The molecule has 5 nitrogen and oxygen atoms in total. The Morgan fingerprint density at radius 1 is 0.920 bits per heavy atom. The molecule has 2 unspecified atom stereocenters. The van der Waals surface area contributed by atoms with E-state index in [2.05, 4.69) is 13.8 Å². The van der Waals surface area contributed by atoms with Crippen LogP contribution < -0.4 is 29.6 Å². The van der Waals surface area contributed by atoms with Crippen LogP contribution in [0.5, 0.6) is 0 Å². The van der Waals surface area contributed by atoms with Gasteiger partial charge in [0.1, 0.15) is 15.4 Å². The summed E-state index contributed by atoms with van der Waals surface area (Å²) in [5, 5.41) is -1.55. The van der Waals surface area contributed by atoms with Crippen LogP contribution in [0.4, 0.5) is 0 Å². The zero-order valence-corrected chi connectivity index (χ0v) is 19.4. The van der Waals surface area contributed by atoms with Gasteiger partial charge in [-0.1, -0.05) is 78.6 Å². The van der Waals surface area contributed by atoms with E-state index in [1.54, 1.807) is 0 Å². The molecule has 7 heteroatoms. The number of unbranched alkanes of at least 4 members (excludes halogenated alkanes) is 6. The van der Waals surface area contributed by atoms with Crippen LogP contribution in [-0.2, 0) is 19.6 Å². The second kappa shape index (κ2) is 16.5. The molecule has 0 rings (SSSR count). The Balaban J connectivity index is 0. The third-order valence-corrected chi connectivity index (χ3v) is 5.56. The minimum atomic E-state index is -4.66. The Hall–Kier alpha value is 0.380. The number of esters is 1. The van der Waals surface area contributed by atoms with Gasteiger partial charge in [-0.2, -0.15) is 0 Å². The summed E-state index contributed by atoms with van der Waals surface area (Å²) in [4.78, 5) is 12.0. The quantitative estimate of drug-likeness (QED) is 0.184. The molecule has 0 heterocycles. The Morgan fingerprint density at radius 3 is 2.00 bits per heavy atom. The predicted octanol–water partition coefficient (Wildman–Crippen LogP) is 1.41. The smallest absolute Gasteiger partial charge is 0.747 e. The van der Waals surface area contributed by atoms with Crippen molar-refractivity contribution in [1.82, 2.24) is 0 Å². The number of ether oxygens (including phenoxy) is 1. The maximum absolute atomic E-state index is 12.0. The van der Waals surface area contributed by atoms with Crippen LogP contribution in [0.3, 0.4) is 0 Å². The van der Waals surface area contributed by atoms with Crippen molar-refractivity contribution in [3.05, 3.63) is 0 Å². The fourth-order valence-corrected chi connectivity index (χ4v) is 3.44. The van der Waals surface area contributed by atoms with E-state index in [1.807, 2.05) is 6.92 Å². The monoisotopic (exact) mass is 386 g/mol. The summed E-state index contributed by atoms with van der Waals surface area (Å²) in [5.41, 5.74) is 0. The summed E-state index contributed by atoms with van der Waals surface area (Å²) in [6.45, 7) is 6.45. The zero-order valence-electron chi connectivity index (χ0n) is 16.6. The van der Waals surface area contributed by atoms with Crippen molar-refractivity contribution in [2.24, 2.45) is 5.92 Å². The second-order valence-corrected chi connectivity index (χ2v) is 8.14. The van der Waals surface area contributed by atoms with Crippen LogP contribution in [0.2, 0.25) is 0 Å². The number of rotatable bonds is 15. The molecule has 0 bridgehead atoms. The molecule has 0 aliphatic heterocycles. The molecular weight excluding hydrogens is 351 g/mol. The molecule has 0 aromatic heterocycles. The van der Waals surface area contributed by atoms with Gasteiger partial charge in [-0.15, -0.1) is 0 Å². The third-order valence-electron chi connectivity index (χ3n) is 4.44. The van der Waals surface area contributed by atoms with Crippen LogP contribution >= 0.6 is 0 Å². The van der Waals surface area contributed by atoms with Crippen molar-refractivity contribution in [3.63, 3.8) is 0 Å². The van der Waals surface area contributed by atoms with E-state index < -0.39 is 21.3 Å². The Labute approximate surface area is 176 Å². The van der Waals surface area contributed by atoms with Gasteiger partial charge in [0.25, 0.3) is 0 Å². The molecule has 0 aliphatic rings. The standard InChI is InChI=1S/C18H36O5S.Na/c1-4-7-9-10-11-12-14-17(24(20,21)22)18(19)23-15-16(6-3)13-8-5-2;/h16-17H,4-15H2,1-3H3,(H,20,21,22);/q;+1/p-1. The molecule has 0 saturated carbocycles. The van der Waals surface area contributed by atoms with Crippen molar-refractivity contribution >= 4 is 16.1 Å². The van der Waals surface area contributed by atoms with E-state index in [0.29, 0.717) is 6.42 Å². The summed E-state index contributed by atoms with van der Waals surface area (Å²) in [6, 6.07) is 0. The van der Waals surface area contributed by atoms with Crippen LogP contribution in [0.1, 0.15) is 91.4 Å². The molecule has 0 saturated heterocycles. The minimum absolute atomic E-state index is 0. The van der Waals surface area contributed by atoms with Gasteiger partial charge in [-0.25, -0.2) is 8.42 Å². The van der Waals surface area contributed by atoms with Gasteiger partial charge < -0.3 is 9.29 Å². The molecule has 0 aromatic carbocycles. The molecule has 0 amide bonds. The molecule has 0 spiro atoms. The number of carbonyl (C=O) groups is 1. The van der Waals surface area contributed by atoms with E-state index in [0.717, 1.165) is 57.8 Å². The number of carbonyl (C=O) groups excluding carboxylic acids is 1. The normalized spacial score (nSPS) is 13.8. The Morgan fingerprint density at radius 2 is 1.48 bits per heavy atom. The largest absolute Gasteiger partial charge is 1.00 e. The summed E-state index contributed by atoms with van der Waals surface area (Å²) < 4.78 is 39.3. The minimum Gasteiger partial charge on any atom is -0.747 e. The van der Waals surface area contributed by atoms with Gasteiger partial charge in [0, 0.05) is 0 Å². The Kier molecular flexibility index (Phi) is 18.3. The summed E-state index contributed by atoms with van der Waals surface area (Å²) >= 11 is 0. The van der Waals surface area contributed by atoms with E-state index in [1.165, 1.54) is 0 Å². The van der Waals surface area contributed by atoms with Gasteiger partial charge in [0.15, 0.2) is 0 Å². The zero-order chi connectivity index (χ0) is 18.4. The molecule has 0 N–H and O–H groups in total. The molecular formula is C18H35NaO5S. The van der Waals surface area contributed by atoms with Gasteiger partial charge >= 0.3 is 35.5 Å². The molecule has 144 valence electrons. The van der Waals surface area contributed by atoms with Crippen molar-refractivity contribution in [1.29, 1.82) is 0 Å². The first kappa shape index (κ1) is 27.6. The first-order valence-corrected chi connectivity index (χ1v) is 10.9. The maximum Gasteiger partial charge on any atom is 1.00 e. The van der Waals surface area contributed by atoms with E-state index in [9.17, 15) is 17.8 Å². The first-order chi connectivity index (χ1) is 11.4. The fraction of sp³-hybridized carbons (Fsp3) is 0.944. The summed E-state index contributed by atoms with van der Waals surface area (Å²) in [6.07, 6.45) is 9.83. The van der Waals surface area contributed by atoms with Crippen LogP contribution in [0.25, 0.3) is 0 Å². The molecule has 0 aliphatic carbocycles. The first-order valence-electron chi connectivity index (χ1n) is 9.48. The molecule has 25 heavy (non-hydrogen) atoms. The average molecular weight is 387 g/mol. The molecule has 0 fully saturated rings. The van der Waals surface area contributed by atoms with E-state index in [4.69, 9.17) is 4.74 Å². The van der Waals surface area contributed by atoms with Crippen molar-refractivity contribution < 1.29 is 52.1 Å². The summed E-state index contributed by atoms with van der Waals surface area (Å²) in [7, 11) is -4.66. The van der Waals surface area contributed by atoms with Crippen molar-refractivity contribution in [2.75, 3.05) is 6.61 Å². The van der Waals surface area contributed by atoms with Gasteiger partial charge in [0.05, 0.1) is 6.61 Å². The topological polar surface area (TPSA) is 83.5 Å². The SMILES string of the molecule is CCCCCCCCC(C(=O)OCC(CC)CCCC)S(=O)(=O)[O-].[Na+]. The second-order valence-electron chi connectivity index (χ2n) is 6.58. The molecule has 2 atom stereocenters. The predicted molar refractivity (Wildman–Crippen MR) is 95.7 cm³/mol. The van der Waals surface area contributed by atoms with Gasteiger partial charge in [0.2, 0.25) is 0 Å². The molecule has 0 aromatic rings. The number of hydrogen-bond acceptors (Lipinski definition) is 5. The van der Waals surface area contributed by atoms with Crippen LogP contribution in [0.15, 0.2) is 0 Å². The average Bonchev–Trinajstić information content (AvgIpc) is 2.53. The number of hydrogen-bond donors (Lipinski definition) is 0. The fourth-order valence-electron chi connectivity index (χ4n) is 2.68. The van der Waals surface area contributed by atoms with Crippen molar-refractivity contribution in [2.45, 2.75) is 96.7 Å². The van der Waals surface area contributed by atoms with Gasteiger partial charge in [-0.3, -0.25) is 4.79 Å². The van der Waals surface area contributed by atoms with E-state index >= 15 is 0 Å². The third kappa shape index (κ3) is 14.1. The van der Waals surface area contributed by atoms with Crippen LogP contribution in [-0.4, -0.2) is 30.8 Å². The van der Waals surface area contributed by atoms with E-state index in [-0.39, 0.29) is 48.5 Å².